The summed E-state index contributed by atoms with van der Waals surface area (Å²) in [6.45, 7) is 3.33. The molecule has 234 valence electrons. The van der Waals surface area contributed by atoms with Crippen molar-refractivity contribution in [1.82, 2.24) is 38.8 Å². The van der Waals surface area contributed by atoms with Crippen LogP contribution in [0, 0.1) is 6.92 Å². The summed E-state index contributed by atoms with van der Waals surface area (Å²) < 4.78 is 48.8. The highest BCUT2D eigenvalue weighted by molar-refractivity contribution is 5.93. The average molecular weight is 625 g/mol. The van der Waals surface area contributed by atoms with Crippen molar-refractivity contribution in [3.8, 4) is 11.3 Å². The number of alkyl halides is 3. The zero-order valence-electron chi connectivity index (χ0n) is 24.3. The van der Waals surface area contributed by atoms with Crippen LogP contribution in [0.1, 0.15) is 37.3 Å². The van der Waals surface area contributed by atoms with Gasteiger partial charge in [-0.05, 0) is 38.8 Å². The van der Waals surface area contributed by atoms with Crippen molar-refractivity contribution in [3.05, 3.63) is 75.3 Å². The number of aryl methyl sites for hydroxylation is 2. The highest BCUT2D eigenvalue weighted by atomic mass is 19.4. The van der Waals surface area contributed by atoms with Gasteiger partial charge in [-0.1, -0.05) is 11.2 Å². The number of rotatable bonds is 7. The lowest BCUT2D eigenvalue weighted by atomic mass is 10.2. The Morgan fingerprint density at radius 1 is 1.18 bits per heavy atom. The molecular formula is C28H27F3N10O4. The maximum absolute atomic E-state index is 13.5. The molecule has 1 N–H and O–H groups in total. The molecule has 0 aromatic carbocycles. The third-order valence-corrected chi connectivity index (χ3v) is 7.67. The van der Waals surface area contributed by atoms with E-state index in [1.54, 1.807) is 38.1 Å². The molecule has 45 heavy (non-hydrogen) atoms. The Morgan fingerprint density at radius 3 is 2.62 bits per heavy atom. The Balaban J connectivity index is 1.23. The van der Waals surface area contributed by atoms with Crippen molar-refractivity contribution in [2.75, 3.05) is 16.8 Å². The fourth-order valence-electron chi connectivity index (χ4n) is 5.35. The molecule has 1 amide bonds. The van der Waals surface area contributed by atoms with Gasteiger partial charge in [0.15, 0.2) is 11.2 Å². The molecule has 0 bridgehead atoms. The molecule has 0 saturated carbocycles. The molecule has 1 fully saturated rings. The van der Waals surface area contributed by atoms with Gasteiger partial charge in [-0.25, -0.2) is 24.7 Å². The van der Waals surface area contributed by atoms with E-state index < -0.39 is 35.4 Å². The Bertz CT molecular complexity index is 2010. The average Bonchev–Trinajstić information content (AvgIpc) is 3.78. The fourth-order valence-corrected chi connectivity index (χ4v) is 5.35. The van der Waals surface area contributed by atoms with E-state index in [1.165, 1.54) is 34.9 Å². The summed E-state index contributed by atoms with van der Waals surface area (Å²) in [6, 6.07) is 3.89. The Morgan fingerprint density at radius 2 is 1.93 bits per heavy atom. The molecule has 0 aliphatic carbocycles. The zero-order chi connectivity index (χ0) is 32.0. The fraction of sp³-hybridized carbons (Fsp3) is 0.357. The van der Waals surface area contributed by atoms with Gasteiger partial charge in [-0.2, -0.15) is 13.2 Å². The molecule has 0 radical (unpaired) electrons. The Labute approximate surface area is 252 Å². The van der Waals surface area contributed by atoms with Crippen molar-refractivity contribution in [1.29, 1.82) is 0 Å². The predicted molar refractivity (Wildman–Crippen MR) is 155 cm³/mol. The van der Waals surface area contributed by atoms with Crippen LogP contribution in [-0.4, -0.2) is 63.5 Å². The lowest BCUT2D eigenvalue weighted by molar-refractivity contribution is -0.146. The number of nitrogens with zero attached hydrogens (tertiary/aromatic N) is 9. The Hall–Kier alpha value is -5.35. The van der Waals surface area contributed by atoms with E-state index in [2.05, 4.69) is 30.4 Å². The number of halogens is 3. The number of hydrogen-bond acceptors (Lipinski definition) is 10. The van der Waals surface area contributed by atoms with Gasteiger partial charge in [0.1, 0.15) is 29.4 Å². The van der Waals surface area contributed by atoms with Crippen LogP contribution >= 0.6 is 0 Å². The topological polar surface area (TPSA) is 159 Å². The van der Waals surface area contributed by atoms with E-state index in [4.69, 9.17) is 4.52 Å². The number of aromatic nitrogens is 8. The van der Waals surface area contributed by atoms with E-state index >= 15 is 0 Å². The summed E-state index contributed by atoms with van der Waals surface area (Å²) in [4.78, 5) is 57.8. The number of hydrogen-bond donors (Lipinski definition) is 1. The molecule has 1 unspecified atom stereocenters. The van der Waals surface area contributed by atoms with Crippen molar-refractivity contribution in [3.63, 3.8) is 0 Å². The lowest BCUT2D eigenvalue weighted by Crippen LogP contribution is -2.42. The van der Waals surface area contributed by atoms with Crippen LogP contribution in [0.3, 0.4) is 0 Å². The summed E-state index contributed by atoms with van der Waals surface area (Å²) in [5, 5.41) is 6.57. The van der Waals surface area contributed by atoms with Gasteiger partial charge in [-0.15, -0.1) is 0 Å². The number of nitrogens with one attached hydrogen (secondary N) is 1. The molecule has 1 aliphatic heterocycles. The van der Waals surface area contributed by atoms with Crippen molar-refractivity contribution in [2.24, 2.45) is 7.05 Å². The van der Waals surface area contributed by atoms with Crippen molar-refractivity contribution >= 4 is 28.8 Å². The highest BCUT2D eigenvalue weighted by Crippen LogP contribution is 2.34. The first kappa shape index (κ1) is 29.7. The van der Waals surface area contributed by atoms with Gasteiger partial charge >= 0.3 is 11.9 Å². The first-order chi connectivity index (χ1) is 21.4. The molecule has 14 nitrogen and oxygen atoms in total. The molecule has 17 heteroatoms. The standard InChI is InChI=1S/C28H27F3N10O4/c1-15-10-18(37-45-15)13-40-25(43)22-23(38(3)27(40)44)34-14-41(22)16(2)24(42)36-21-8-4-6-19(35-21)17-11-32-26(33-12-17)39-9-5-7-20(39)28(29,30)31/h4,6,8,10-12,14,16,20H,5,7,9,13H2,1-3H3,(H,35,36,42)/t16-,20?/m0/s1. The quantitative estimate of drug-likeness (QED) is 0.285. The molecule has 6 rings (SSSR count). The second-order valence-corrected chi connectivity index (χ2v) is 10.7. The highest BCUT2D eigenvalue weighted by Gasteiger charge is 2.46. The molecule has 2 atom stereocenters. The van der Waals surface area contributed by atoms with Gasteiger partial charge in [-0.3, -0.25) is 18.7 Å². The van der Waals surface area contributed by atoms with Gasteiger partial charge in [0.2, 0.25) is 11.9 Å². The van der Waals surface area contributed by atoms with E-state index in [9.17, 15) is 27.6 Å². The van der Waals surface area contributed by atoms with Gasteiger partial charge < -0.3 is 19.3 Å². The number of pyridine rings is 1. The SMILES string of the molecule is Cc1cc(Cn2c(=O)c3c(ncn3[C@@H](C)C(=O)Nc3cccc(-c4cnc(N5CCCC5C(F)(F)F)nc4)n3)n(C)c2=O)no1. The Kier molecular flexibility index (Phi) is 7.46. The van der Waals surface area contributed by atoms with Crippen LogP contribution in [0.5, 0.6) is 0 Å². The second-order valence-electron chi connectivity index (χ2n) is 10.7. The normalized spacial score (nSPS) is 16.0. The number of amides is 1. The largest absolute Gasteiger partial charge is 0.408 e. The first-order valence-electron chi connectivity index (χ1n) is 13.9. The molecule has 5 aromatic rings. The van der Waals surface area contributed by atoms with Crippen molar-refractivity contribution < 1.29 is 22.5 Å². The van der Waals surface area contributed by atoms with Crippen LogP contribution in [0.2, 0.25) is 0 Å². The predicted octanol–water partition coefficient (Wildman–Crippen LogP) is 2.82. The monoisotopic (exact) mass is 624 g/mol. The van der Waals surface area contributed by atoms with Crippen molar-refractivity contribution in [2.45, 2.75) is 51.5 Å². The van der Waals surface area contributed by atoms with E-state index in [0.29, 0.717) is 29.1 Å². The van der Waals surface area contributed by atoms with E-state index in [0.717, 1.165) is 9.47 Å². The summed E-state index contributed by atoms with van der Waals surface area (Å²) in [7, 11) is 1.47. The van der Waals surface area contributed by atoms with Crippen LogP contribution in [0.15, 0.2) is 57.1 Å². The van der Waals surface area contributed by atoms with Gasteiger partial charge in [0.05, 0.1) is 18.6 Å². The van der Waals surface area contributed by atoms with Crippen LogP contribution < -0.4 is 21.5 Å². The number of imidazole rings is 1. The number of carbonyl (C=O) groups excluding carboxylic acids is 1. The second kappa shape index (κ2) is 11.3. The summed E-state index contributed by atoms with van der Waals surface area (Å²) in [5.74, 6) is 0.164. The smallest absolute Gasteiger partial charge is 0.361 e. The minimum Gasteiger partial charge on any atom is -0.361 e. The number of fused-ring (bicyclic) bond motifs is 1. The van der Waals surface area contributed by atoms with E-state index in [-0.39, 0.29) is 42.4 Å². The van der Waals surface area contributed by atoms with Crippen LogP contribution in [0.4, 0.5) is 24.9 Å². The minimum atomic E-state index is -4.38. The third-order valence-electron chi connectivity index (χ3n) is 7.67. The minimum absolute atomic E-state index is 0.0120. The molecule has 1 aliphatic rings. The summed E-state index contributed by atoms with van der Waals surface area (Å²) >= 11 is 0. The summed E-state index contributed by atoms with van der Waals surface area (Å²) in [6.07, 6.45) is 0.0874. The number of carbonyl (C=O) groups is 1. The molecule has 6 heterocycles. The third kappa shape index (κ3) is 5.56. The maximum Gasteiger partial charge on any atom is 0.408 e. The zero-order valence-corrected chi connectivity index (χ0v) is 24.3. The first-order valence-corrected chi connectivity index (χ1v) is 13.9. The van der Waals surface area contributed by atoms with Gasteiger partial charge in [0.25, 0.3) is 5.56 Å². The molecular weight excluding hydrogens is 597 g/mol. The molecule has 0 spiro atoms. The summed E-state index contributed by atoms with van der Waals surface area (Å²) in [5.41, 5.74) is 0.111. The van der Waals surface area contributed by atoms with Crippen LogP contribution in [0.25, 0.3) is 22.4 Å². The molecule has 5 aromatic heterocycles. The lowest BCUT2D eigenvalue weighted by Gasteiger charge is -2.26. The molecule has 1 saturated heterocycles. The van der Waals surface area contributed by atoms with Gasteiger partial charge in [0, 0.05) is 37.6 Å². The van der Waals surface area contributed by atoms with E-state index in [1.807, 2.05) is 0 Å². The number of anilines is 2. The maximum atomic E-state index is 13.5. The van der Waals surface area contributed by atoms with Crippen LogP contribution in [-0.2, 0) is 18.4 Å².